The number of hydrogen-bond acceptors (Lipinski definition) is 4. The van der Waals surface area contributed by atoms with Crippen LogP contribution in [0.4, 0.5) is 18.9 Å². The molecule has 32 heavy (non-hydrogen) atoms. The fourth-order valence-electron chi connectivity index (χ4n) is 3.58. The third kappa shape index (κ3) is 6.56. The molecular formula is C22H24F3N3O3S. The van der Waals surface area contributed by atoms with Crippen molar-refractivity contribution in [3.8, 4) is 0 Å². The Morgan fingerprint density at radius 3 is 2.47 bits per heavy atom. The van der Waals surface area contributed by atoms with Gasteiger partial charge in [-0.15, -0.1) is 11.3 Å². The first-order valence-electron chi connectivity index (χ1n) is 10.3. The van der Waals surface area contributed by atoms with Crippen molar-refractivity contribution in [1.29, 1.82) is 0 Å². The van der Waals surface area contributed by atoms with Crippen LogP contribution in [-0.4, -0.2) is 36.9 Å². The van der Waals surface area contributed by atoms with Crippen LogP contribution in [0.1, 0.15) is 47.3 Å². The lowest BCUT2D eigenvalue weighted by Crippen LogP contribution is -2.47. The molecule has 0 saturated heterocycles. The fraction of sp³-hybridized carbons (Fsp3) is 0.409. The fourth-order valence-corrected chi connectivity index (χ4v) is 4.22. The van der Waals surface area contributed by atoms with E-state index in [0.29, 0.717) is 4.88 Å². The van der Waals surface area contributed by atoms with Crippen LogP contribution in [0, 0.1) is 0 Å². The Balaban J connectivity index is 1.74. The number of carbonyl (C=O) groups is 3. The van der Waals surface area contributed by atoms with Gasteiger partial charge in [-0.05, 0) is 42.5 Å². The standard InChI is InChI=1S/C22H24F3N3O3S/c23-22(24,25)15-6-4-9-17(12-15)28(14-19(29)27-16-7-2-1-3-8-16)20(30)13-26-21(31)18-10-5-11-32-18/h4-6,9-12,16H,1-3,7-8,13-14H2,(H,26,31)(H,27,29). The minimum absolute atomic E-state index is 0.00626. The summed E-state index contributed by atoms with van der Waals surface area (Å²) in [6, 6.07) is 7.51. The first-order chi connectivity index (χ1) is 15.2. The maximum absolute atomic E-state index is 13.2. The van der Waals surface area contributed by atoms with Crippen LogP contribution in [0.25, 0.3) is 0 Å². The van der Waals surface area contributed by atoms with Gasteiger partial charge in [0.05, 0.1) is 17.0 Å². The molecule has 3 rings (SSSR count). The van der Waals surface area contributed by atoms with Gasteiger partial charge in [0.15, 0.2) is 0 Å². The molecular weight excluding hydrogens is 443 g/mol. The maximum atomic E-state index is 13.2. The second-order valence-electron chi connectivity index (χ2n) is 7.59. The Morgan fingerprint density at radius 2 is 1.81 bits per heavy atom. The Kier molecular flexibility index (Phi) is 7.89. The minimum atomic E-state index is -4.59. The van der Waals surface area contributed by atoms with E-state index >= 15 is 0 Å². The highest BCUT2D eigenvalue weighted by Crippen LogP contribution is 2.31. The van der Waals surface area contributed by atoms with Gasteiger partial charge in [-0.1, -0.05) is 31.4 Å². The zero-order valence-electron chi connectivity index (χ0n) is 17.3. The molecule has 10 heteroatoms. The Morgan fingerprint density at radius 1 is 1.06 bits per heavy atom. The van der Waals surface area contributed by atoms with Crippen molar-refractivity contribution < 1.29 is 27.6 Å². The summed E-state index contributed by atoms with van der Waals surface area (Å²) in [5, 5.41) is 7.04. The van der Waals surface area contributed by atoms with Gasteiger partial charge in [0, 0.05) is 11.7 Å². The van der Waals surface area contributed by atoms with Crippen molar-refractivity contribution in [1.82, 2.24) is 10.6 Å². The Labute approximate surface area is 187 Å². The van der Waals surface area contributed by atoms with Crippen LogP contribution >= 0.6 is 11.3 Å². The SMILES string of the molecule is O=C(CN(C(=O)CNC(=O)c1cccs1)c1cccc(C(F)(F)F)c1)NC1CCCCC1. The van der Waals surface area contributed by atoms with Gasteiger partial charge in [0.25, 0.3) is 5.91 Å². The molecule has 1 aromatic carbocycles. The van der Waals surface area contributed by atoms with Crippen LogP contribution < -0.4 is 15.5 Å². The van der Waals surface area contributed by atoms with Crippen molar-refractivity contribution in [2.75, 3.05) is 18.0 Å². The minimum Gasteiger partial charge on any atom is -0.352 e. The van der Waals surface area contributed by atoms with Gasteiger partial charge in [-0.25, -0.2) is 0 Å². The first kappa shape index (κ1) is 23.8. The summed E-state index contributed by atoms with van der Waals surface area (Å²) in [6.07, 6.45) is 0.166. The van der Waals surface area contributed by atoms with Gasteiger partial charge >= 0.3 is 6.18 Å². The molecule has 2 N–H and O–H groups in total. The van der Waals surface area contributed by atoms with Gasteiger partial charge in [-0.3, -0.25) is 14.4 Å². The van der Waals surface area contributed by atoms with E-state index in [2.05, 4.69) is 10.6 Å². The number of carbonyl (C=O) groups excluding carboxylic acids is 3. The molecule has 1 saturated carbocycles. The number of anilines is 1. The first-order valence-corrected chi connectivity index (χ1v) is 11.2. The highest BCUT2D eigenvalue weighted by molar-refractivity contribution is 7.12. The number of nitrogens with one attached hydrogen (secondary N) is 2. The summed E-state index contributed by atoms with van der Waals surface area (Å²) in [5.41, 5.74) is -0.989. The molecule has 172 valence electrons. The van der Waals surface area contributed by atoms with Gasteiger partial charge in [0.1, 0.15) is 6.54 Å². The van der Waals surface area contributed by atoms with E-state index in [0.717, 1.165) is 49.1 Å². The molecule has 0 radical (unpaired) electrons. The normalized spacial score (nSPS) is 14.6. The summed E-state index contributed by atoms with van der Waals surface area (Å²) in [6.45, 7) is -0.894. The lowest BCUT2D eigenvalue weighted by molar-refractivity contribution is -0.137. The van der Waals surface area contributed by atoms with Gasteiger partial charge < -0.3 is 15.5 Å². The van der Waals surface area contributed by atoms with Gasteiger partial charge in [-0.2, -0.15) is 13.2 Å². The van der Waals surface area contributed by atoms with Gasteiger partial charge in [0.2, 0.25) is 11.8 Å². The number of rotatable bonds is 7. The maximum Gasteiger partial charge on any atom is 0.416 e. The number of alkyl halides is 3. The summed E-state index contributed by atoms with van der Waals surface area (Å²) in [4.78, 5) is 39.0. The lowest BCUT2D eigenvalue weighted by atomic mass is 9.95. The van der Waals surface area contributed by atoms with E-state index in [1.165, 1.54) is 23.5 Å². The van der Waals surface area contributed by atoms with Crippen LogP contribution in [-0.2, 0) is 15.8 Å². The quantitative estimate of drug-likeness (QED) is 0.647. The number of thiophene rings is 1. The smallest absolute Gasteiger partial charge is 0.352 e. The largest absolute Gasteiger partial charge is 0.416 e. The molecule has 1 heterocycles. The molecule has 0 bridgehead atoms. The molecule has 0 spiro atoms. The highest BCUT2D eigenvalue weighted by atomic mass is 32.1. The topological polar surface area (TPSA) is 78.5 Å². The lowest BCUT2D eigenvalue weighted by Gasteiger charge is -2.26. The van der Waals surface area contributed by atoms with Crippen LogP contribution in [0.15, 0.2) is 41.8 Å². The van der Waals surface area contributed by atoms with Crippen molar-refractivity contribution in [3.63, 3.8) is 0 Å². The van der Waals surface area contributed by atoms with E-state index in [9.17, 15) is 27.6 Å². The second-order valence-corrected chi connectivity index (χ2v) is 8.54. The van der Waals surface area contributed by atoms with Crippen molar-refractivity contribution >= 4 is 34.7 Å². The zero-order chi connectivity index (χ0) is 23.1. The van der Waals surface area contributed by atoms with E-state index < -0.39 is 42.6 Å². The molecule has 0 unspecified atom stereocenters. The molecule has 0 atom stereocenters. The monoisotopic (exact) mass is 467 g/mol. The number of nitrogens with zero attached hydrogens (tertiary/aromatic N) is 1. The Hall–Kier alpha value is -2.88. The summed E-state index contributed by atoms with van der Waals surface area (Å²) in [7, 11) is 0. The van der Waals surface area contributed by atoms with E-state index in [1.54, 1.807) is 17.5 Å². The summed E-state index contributed by atoms with van der Waals surface area (Å²) in [5.74, 6) is -1.61. The summed E-state index contributed by atoms with van der Waals surface area (Å²) >= 11 is 1.20. The number of halogens is 3. The van der Waals surface area contributed by atoms with E-state index in [-0.39, 0.29) is 11.7 Å². The molecule has 1 aliphatic carbocycles. The third-order valence-corrected chi connectivity index (χ3v) is 6.07. The van der Waals surface area contributed by atoms with Crippen molar-refractivity contribution in [2.45, 2.75) is 44.3 Å². The average Bonchev–Trinajstić information content (AvgIpc) is 3.31. The molecule has 1 aromatic heterocycles. The molecule has 6 nitrogen and oxygen atoms in total. The Bertz CT molecular complexity index is 941. The molecule has 0 aliphatic heterocycles. The van der Waals surface area contributed by atoms with Crippen LogP contribution in [0.2, 0.25) is 0 Å². The van der Waals surface area contributed by atoms with Crippen LogP contribution in [0.3, 0.4) is 0 Å². The van der Waals surface area contributed by atoms with E-state index in [4.69, 9.17) is 0 Å². The number of hydrogen-bond donors (Lipinski definition) is 2. The second kappa shape index (κ2) is 10.6. The zero-order valence-corrected chi connectivity index (χ0v) is 18.1. The number of amides is 3. The molecule has 1 fully saturated rings. The van der Waals surface area contributed by atoms with E-state index in [1.807, 2.05) is 0 Å². The summed E-state index contributed by atoms with van der Waals surface area (Å²) < 4.78 is 39.5. The third-order valence-electron chi connectivity index (χ3n) is 5.20. The molecule has 2 aromatic rings. The van der Waals surface area contributed by atoms with Crippen molar-refractivity contribution in [3.05, 3.63) is 52.2 Å². The molecule has 1 aliphatic rings. The molecule has 3 amide bonds. The van der Waals surface area contributed by atoms with Crippen molar-refractivity contribution in [2.24, 2.45) is 0 Å². The predicted octanol–water partition coefficient (Wildman–Crippen LogP) is 3.98. The highest BCUT2D eigenvalue weighted by Gasteiger charge is 2.32. The average molecular weight is 468 g/mol. The predicted molar refractivity (Wildman–Crippen MR) is 115 cm³/mol. The number of benzene rings is 1. The van der Waals surface area contributed by atoms with Crippen LogP contribution in [0.5, 0.6) is 0 Å².